The molecule has 1 N–H and O–H groups in total. The zero-order chi connectivity index (χ0) is 25.6. The summed E-state index contributed by atoms with van der Waals surface area (Å²) in [6.45, 7) is 7.09. The van der Waals surface area contributed by atoms with E-state index in [2.05, 4.69) is 17.4 Å². The Balaban J connectivity index is 1.67. The molecule has 0 bridgehead atoms. The number of alkyl halides is 3. The minimum absolute atomic E-state index is 0.00607. The predicted molar refractivity (Wildman–Crippen MR) is 128 cm³/mol. The molecule has 6 nitrogen and oxygen atoms in total. The summed E-state index contributed by atoms with van der Waals surface area (Å²) in [4.78, 5) is 14.6. The first-order chi connectivity index (χ1) is 16.4. The molecule has 0 radical (unpaired) electrons. The van der Waals surface area contributed by atoms with E-state index < -0.39 is 24.5 Å². The summed E-state index contributed by atoms with van der Waals surface area (Å²) >= 11 is 0. The van der Waals surface area contributed by atoms with Crippen molar-refractivity contribution in [2.24, 2.45) is 0 Å². The summed E-state index contributed by atoms with van der Waals surface area (Å²) in [5.41, 5.74) is 2.84. The molecule has 192 valence electrons. The van der Waals surface area contributed by atoms with Crippen molar-refractivity contribution in [3.8, 4) is 11.5 Å². The van der Waals surface area contributed by atoms with Crippen LogP contribution in [-0.2, 0) is 17.6 Å². The third-order valence-corrected chi connectivity index (χ3v) is 5.40. The number of anilines is 1. The number of ether oxygens (including phenoxy) is 3. The molecule has 2 aromatic carbocycles. The number of rotatable bonds is 9. The van der Waals surface area contributed by atoms with Crippen molar-refractivity contribution < 1.29 is 32.2 Å². The summed E-state index contributed by atoms with van der Waals surface area (Å²) in [5.74, 6) is 0.174. The maximum Gasteiger partial charge on any atom is 0.422 e. The molecule has 0 fully saturated rings. The highest BCUT2D eigenvalue weighted by Gasteiger charge is 2.29. The highest BCUT2D eigenvalue weighted by Crippen LogP contribution is 2.29. The molecular weight excluding hydrogens is 461 g/mol. The average Bonchev–Trinajstić information content (AvgIpc) is 3.22. The van der Waals surface area contributed by atoms with Crippen molar-refractivity contribution in [2.75, 3.05) is 31.6 Å². The third kappa shape index (κ3) is 8.26. The second-order valence-electron chi connectivity index (χ2n) is 9.59. The highest BCUT2D eigenvalue weighted by molar-refractivity contribution is 5.68. The summed E-state index contributed by atoms with van der Waals surface area (Å²) < 4.78 is 53.9. The van der Waals surface area contributed by atoms with E-state index in [0.717, 1.165) is 24.2 Å². The van der Waals surface area contributed by atoms with Crippen LogP contribution >= 0.6 is 0 Å². The molecule has 1 amide bonds. The molecule has 0 saturated heterocycles. The van der Waals surface area contributed by atoms with Crippen molar-refractivity contribution in [2.45, 2.75) is 58.4 Å². The zero-order valence-electron chi connectivity index (χ0n) is 20.6. The van der Waals surface area contributed by atoms with Crippen LogP contribution in [0, 0.1) is 0 Å². The summed E-state index contributed by atoms with van der Waals surface area (Å²) in [5, 5.41) is 3.34. The SMILES string of the molecule is C[C@H](Cc1ccc2c(c1)CCN2)N(CCOc1ccccc1OCC(F)(F)F)C(=O)OC(C)(C)C. The second kappa shape index (κ2) is 11.1. The van der Waals surface area contributed by atoms with E-state index in [-0.39, 0.29) is 30.7 Å². The Morgan fingerprint density at radius 1 is 1.09 bits per heavy atom. The van der Waals surface area contributed by atoms with Crippen LogP contribution in [0.3, 0.4) is 0 Å². The summed E-state index contributed by atoms with van der Waals surface area (Å²) in [6, 6.07) is 12.2. The van der Waals surface area contributed by atoms with Gasteiger partial charge in [0, 0.05) is 18.3 Å². The first kappa shape index (κ1) is 26.5. The number of para-hydroxylation sites is 2. The van der Waals surface area contributed by atoms with Gasteiger partial charge in [0.2, 0.25) is 0 Å². The Morgan fingerprint density at radius 2 is 1.77 bits per heavy atom. The lowest BCUT2D eigenvalue weighted by Gasteiger charge is -2.32. The molecule has 0 spiro atoms. The van der Waals surface area contributed by atoms with E-state index in [4.69, 9.17) is 14.2 Å². The average molecular weight is 495 g/mol. The van der Waals surface area contributed by atoms with Crippen LogP contribution in [0.4, 0.5) is 23.7 Å². The van der Waals surface area contributed by atoms with E-state index in [0.29, 0.717) is 6.42 Å². The zero-order valence-corrected chi connectivity index (χ0v) is 20.6. The Hall–Kier alpha value is -3.10. The number of nitrogens with one attached hydrogen (secondary N) is 1. The van der Waals surface area contributed by atoms with Crippen LogP contribution in [0.5, 0.6) is 11.5 Å². The van der Waals surface area contributed by atoms with Gasteiger partial charge in [0.25, 0.3) is 0 Å². The van der Waals surface area contributed by atoms with Crippen molar-refractivity contribution >= 4 is 11.8 Å². The predicted octanol–water partition coefficient (Wildman–Crippen LogP) is 5.84. The van der Waals surface area contributed by atoms with E-state index in [1.165, 1.54) is 17.7 Å². The molecule has 9 heteroatoms. The van der Waals surface area contributed by atoms with Gasteiger partial charge in [0.15, 0.2) is 18.1 Å². The Kier molecular flexibility index (Phi) is 8.40. The Morgan fingerprint density at radius 3 is 2.43 bits per heavy atom. The molecular formula is C26H33F3N2O4. The van der Waals surface area contributed by atoms with Crippen LogP contribution < -0.4 is 14.8 Å². The lowest BCUT2D eigenvalue weighted by Crippen LogP contribution is -2.45. The van der Waals surface area contributed by atoms with E-state index in [1.807, 2.05) is 13.0 Å². The molecule has 0 unspecified atom stereocenters. The molecule has 35 heavy (non-hydrogen) atoms. The number of benzene rings is 2. The fraction of sp³-hybridized carbons (Fsp3) is 0.500. The van der Waals surface area contributed by atoms with Gasteiger partial charge in [0.1, 0.15) is 12.2 Å². The van der Waals surface area contributed by atoms with Crippen molar-refractivity contribution in [3.05, 3.63) is 53.6 Å². The lowest BCUT2D eigenvalue weighted by atomic mass is 10.0. The van der Waals surface area contributed by atoms with Gasteiger partial charge in [-0.05, 0) is 69.9 Å². The smallest absolute Gasteiger partial charge is 0.422 e. The molecule has 1 aliphatic heterocycles. The topological polar surface area (TPSA) is 60.0 Å². The number of hydrogen-bond donors (Lipinski definition) is 1. The first-order valence-electron chi connectivity index (χ1n) is 11.7. The van der Waals surface area contributed by atoms with Gasteiger partial charge in [-0.25, -0.2) is 4.79 Å². The quantitative estimate of drug-likeness (QED) is 0.474. The first-order valence-corrected chi connectivity index (χ1v) is 11.7. The van der Waals surface area contributed by atoms with Crippen molar-refractivity contribution in [3.63, 3.8) is 0 Å². The fourth-order valence-corrected chi connectivity index (χ4v) is 3.85. The van der Waals surface area contributed by atoms with Crippen LogP contribution in [-0.4, -0.2) is 55.1 Å². The Labute approximate surface area is 204 Å². The number of nitrogens with zero attached hydrogens (tertiary/aromatic N) is 1. The normalized spacial score (nSPS) is 14.0. The minimum atomic E-state index is -4.45. The fourth-order valence-electron chi connectivity index (χ4n) is 3.85. The lowest BCUT2D eigenvalue weighted by molar-refractivity contribution is -0.153. The maximum atomic E-state index is 13.0. The second-order valence-corrected chi connectivity index (χ2v) is 9.59. The molecule has 1 heterocycles. The number of halogens is 3. The number of carbonyl (C=O) groups is 1. The molecule has 0 aromatic heterocycles. The monoisotopic (exact) mass is 494 g/mol. The standard InChI is InChI=1S/C26H33F3N2O4/c1-18(15-19-9-10-21-20(16-19)11-12-30-21)31(24(32)35-25(2,3)4)13-14-33-22-7-5-6-8-23(22)34-17-26(27,28)29/h5-10,16,18,30H,11-15,17H2,1-4H3/t18-/m1/s1. The highest BCUT2D eigenvalue weighted by atomic mass is 19.4. The van der Waals surface area contributed by atoms with Crippen LogP contribution in [0.25, 0.3) is 0 Å². The van der Waals surface area contributed by atoms with Crippen LogP contribution in [0.15, 0.2) is 42.5 Å². The summed E-state index contributed by atoms with van der Waals surface area (Å²) in [6.07, 6.45) is -3.34. The van der Waals surface area contributed by atoms with Gasteiger partial charge >= 0.3 is 12.3 Å². The molecule has 2 aromatic rings. The molecule has 1 aliphatic rings. The summed E-state index contributed by atoms with van der Waals surface area (Å²) in [7, 11) is 0. The van der Waals surface area contributed by atoms with E-state index in [1.54, 1.807) is 37.8 Å². The van der Waals surface area contributed by atoms with Gasteiger partial charge < -0.3 is 24.4 Å². The van der Waals surface area contributed by atoms with Gasteiger partial charge in [-0.15, -0.1) is 0 Å². The van der Waals surface area contributed by atoms with Gasteiger partial charge in [-0.3, -0.25) is 0 Å². The Bertz CT molecular complexity index is 1000. The number of hydrogen-bond acceptors (Lipinski definition) is 5. The van der Waals surface area contributed by atoms with Crippen molar-refractivity contribution in [1.29, 1.82) is 0 Å². The molecule has 3 rings (SSSR count). The molecule has 0 aliphatic carbocycles. The minimum Gasteiger partial charge on any atom is -0.488 e. The van der Waals surface area contributed by atoms with Gasteiger partial charge in [-0.2, -0.15) is 13.2 Å². The third-order valence-electron chi connectivity index (χ3n) is 5.40. The molecule has 0 saturated carbocycles. The number of fused-ring (bicyclic) bond motifs is 1. The van der Waals surface area contributed by atoms with E-state index in [9.17, 15) is 18.0 Å². The molecule has 1 atom stereocenters. The maximum absolute atomic E-state index is 13.0. The van der Waals surface area contributed by atoms with Gasteiger partial charge in [0.05, 0.1) is 6.54 Å². The van der Waals surface area contributed by atoms with Crippen molar-refractivity contribution in [1.82, 2.24) is 4.90 Å². The van der Waals surface area contributed by atoms with E-state index >= 15 is 0 Å². The van der Waals surface area contributed by atoms with Crippen LogP contribution in [0.1, 0.15) is 38.8 Å². The largest absolute Gasteiger partial charge is 0.488 e. The number of amides is 1. The number of carbonyl (C=O) groups excluding carboxylic acids is 1. The van der Waals surface area contributed by atoms with Crippen LogP contribution in [0.2, 0.25) is 0 Å². The van der Waals surface area contributed by atoms with Gasteiger partial charge in [-0.1, -0.05) is 24.3 Å².